The largest absolute Gasteiger partial charge is 0.368 e. The van der Waals surface area contributed by atoms with Gasteiger partial charge in [0.25, 0.3) is 5.91 Å². The first-order valence-corrected chi connectivity index (χ1v) is 12.4. The number of piperidine rings is 1. The number of aryl methyl sites for hydroxylation is 1. The molecule has 1 N–H and O–H groups in total. The topological polar surface area (TPSA) is 48.5 Å². The molecule has 0 atom stereocenters. The van der Waals surface area contributed by atoms with Crippen LogP contribution in [0.4, 0.5) is 5.69 Å². The minimum Gasteiger partial charge on any atom is -0.368 e. The van der Waals surface area contributed by atoms with Crippen molar-refractivity contribution >= 4 is 22.5 Å². The van der Waals surface area contributed by atoms with Crippen molar-refractivity contribution in [2.75, 3.05) is 31.1 Å². The van der Waals surface area contributed by atoms with Gasteiger partial charge in [-0.15, -0.1) is 0 Å². The molecule has 5 nitrogen and oxygen atoms in total. The second kappa shape index (κ2) is 8.14. The van der Waals surface area contributed by atoms with Gasteiger partial charge in [-0.05, 0) is 81.1 Å². The number of nitrogens with one attached hydrogen (secondary N) is 1. The molecule has 3 aromatic rings. The van der Waals surface area contributed by atoms with Crippen LogP contribution < -0.4 is 10.2 Å². The predicted molar refractivity (Wildman–Crippen MR) is 133 cm³/mol. The van der Waals surface area contributed by atoms with Crippen molar-refractivity contribution in [2.45, 2.75) is 50.6 Å². The van der Waals surface area contributed by atoms with Crippen molar-refractivity contribution in [3.63, 3.8) is 0 Å². The van der Waals surface area contributed by atoms with E-state index in [4.69, 9.17) is 0 Å². The number of fused-ring (bicyclic) bond motifs is 1. The van der Waals surface area contributed by atoms with Crippen LogP contribution >= 0.6 is 0 Å². The Labute approximate surface area is 195 Å². The Morgan fingerprint density at radius 1 is 1.03 bits per heavy atom. The summed E-state index contributed by atoms with van der Waals surface area (Å²) in [4.78, 5) is 23.0. The van der Waals surface area contributed by atoms with Gasteiger partial charge in [-0.3, -0.25) is 14.7 Å². The molecule has 1 aliphatic carbocycles. The zero-order chi connectivity index (χ0) is 22.4. The number of para-hydroxylation sites is 1. The van der Waals surface area contributed by atoms with E-state index in [1.807, 2.05) is 31.3 Å². The first-order chi connectivity index (χ1) is 16.1. The van der Waals surface area contributed by atoms with Gasteiger partial charge in [-0.1, -0.05) is 30.7 Å². The molecular formula is C28H32N4O. The highest BCUT2D eigenvalue weighted by Crippen LogP contribution is 2.48. The number of anilines is 1. The minimum atomic E-state index is -0.280. The van der Waals surface area contributed by atoms with Crippen molar-refractivity contribution in [3.05, 3.63) is 71.4 Å². The van der Waals surface area contributed by atoms with Crippen LogP contribution in [0.2, 0.25) is 0 Å². The zero-order valence-electron chi connectivity index (χ0n) is 19.4. The number of benzene rings is 2. The maximum atomic E-state index is 13.5. The molecule has 2 aromatic carbocycles. The Balaban J connectivity index is 1.20. The fourth-order valence-corrected chi connectivity index (χ4v) is 5.62. The van der Waals surface area contributed by atoms with E-state index >= 15 is 0 Å². The van der Waals surface area contributed by atoms with Gasteiger partial charge in [0.05, 0.1) is 11.1 Å². The van der Waals surface area contributed by atoms with Crippen LogP contribution in [0, 0.1) is 6.92 Å². The van der Waals surface area contributed by atoms with Crippen LogP contribution in [-0.2, 0) is 5.54 Å². The van der Waals surface area contributed by atoms with Gasteiger partial charge in [0, 0.05) is 42.0 Å². The molecule has 5 heteroatoms. The normalized spacial score (nSPS) is 20.5. The van der Waals surface area contributed by atoms with Crippen LogP contribution in [0.25, 0.3) is 10.9 Å². The number of aromatic nitrogens is 1. The lowest BCUT2D eigenvalue weighted by Crippen LogP contribution is -2.60. The Bertz CT molecular complexity index is 1180. The van der Waals surface area contributed by atoms with Crippen molar-refractivity contribution in [3.8, 4) is 0 Å². The van der Waals surface area contributed by atoms with Crippen LogP contribution in [0.1, 0.15) is 53.6 Å². The van der Waals surface area contributed by atoms with E-state index in [0.29, 0.717) is 6.04 Å². The molecule has 3 aliphatic rings. The molecule has 1 amide bonds. The summed E-state index contributed by atoms with van der Waals surface area (Å²) < 4.78 is 0. The van der Waals surface area contributed by atoms with Crippen molar-refractivity contribution in [1.29, 1.82) is 0 Å². The Morgan fingerprint density at radius 2 is 1.82 bits per heavy atom. The van der Waals surface area contributed by atoms with Crippen molar-refractivity contribution in [2.24, 2.45) is 0 Å². The van der Waals surface area contributed by atoms with Crippen LogP contribution in [0.15, 0.2) is 54.7 Å². The summed E-state index contributed by atoms with van der Waals surface area (Å²) >= 11 is 0. The molecule has 0 spiro atoms. The standard InChI is InChI=1S/C28H32N4O/c1-20-9-10-21(32-18-22(19-32)31-15-5-2-6-16-31)17-24(20)27(33)30-28(12-13-28)25-11-14-29-26-8-4-3-7-23(25)26/h3-4,7-11,14,17,22H,2,5-6,12-13,15-16,18-19H2,1H3,(H,30,33). The molecule has 3 heterocycles. The fourth-order valence-electron chi connectivity index (χ4n) is 5.62. The quantitative estimate of drug-likeness (QED) is 0.628. The summed E-state index contributed by atoms with van der Waals surface area (Å²) in [5.74, 6) is 0.0286. The predicted octanol–water partition coefficient (Wildman–Crippen LogP) is 4.64. The molecule has 6 rings (SSSR count). The third-order valence-electron chi connectivity index (χ3n) is 7.87. The smallest absolute Gasteiger partial charge is 0.252 e. The Kier molecular flexibility index (Phi) is 5.10. The van der Waals surface area contributed by atoms with E-state index in [1.54, 1.807) is 0 Å². The number of carbonyl (C=O) groups is 1. The van der Waals surface area contributed by atoms with Gasteiger partial charge >= 0.3 is 0 Å². The number of rotatable bonds is 5. The lowest BCUT2D eigenvalue weighted by atomic mass is 9.98. The summed E-state index contributed by atoms with van der Waals surface area (Å²) in [5, 5.41) is 4.53. The van der Waals surface area contributed by atoms with Gasteiger partial charge in [-0.25, -0.2) is 0 Å². The van der Waals surface area contributed by atoms with Crippen molar-refractivity contribution < 1.29 is 4.79 Å². The lowest BCUT2D eigenvalue weighted by Gasteiger charge is -2.48. The number of amides is 1. The zero-order valence-corrected chi connectivity index (χ0v) is 19.4. The van der Waals surface area contributed by atoms with Crippen molar-refractivity contribution in [1.82, 2.24) is 15.2 Å². The first-order valence-electron chi connectivity index (χ1n) is 12.4. The SMILES string of the molecule is Cc1ccc(N2CC(N3CCCCC3)C2)cc1C(=O)NC1(c2ccnc3ccccc23)CC1. The maximum absolute atomic E-state index is 13.5. The van der Waals surface area contributed by atoms with Gasteiger partial charge < -0.3 is 10.2 Å². The van der Waals surface area contributed by atoms with E-state index < -0.39 is 0 Å². The summed E-state index contributed by atoms with van der Waals surface area (Å²) in [7, 11) is 0. The van der Waals surface area contributed by atoms with E-state index in [-0.39, 0.29) is 11.4 Å². The number of carbonyl (C=O) groups excluding carboxylic acids is 1. The number of hydrogen-bond donors (Lipinski definition) is 1. The number of pyridine rings is 1. The average molecular weight is 441 g/mol. The Morgan fingerprint density at radius 3 is 2.61 bits per heavy atom. The summed E-state index contributed by atoms with van der Waals surface area (Å²) in [6.07, 6.45) is 7.84. The van der Waals surface area contributed by atoms with E-state index in [1.165, 1.54) is 43.6 Å². The molecule has 2 saturated heterocycles. The average Bonchev–Trinajstić information content (AvgIpc) is 3.59. The number of likely N-dealkylation sites (tertiary alicyclic amines) is 1. The molecule has 0 unspecified atom stereocenters. The van der Waals surface area contributed by atoms with Crippen LogP contribution in [0.3, 0.4) is 0 Å². The van der Waals surface area contributed by atoms with Gasteiger partial charge in [0.1, 0.15) is 0 Å². The highest BCUT2D eigenvalue weighted by molar-refractivity contribution is 5.98. The summed E-state index contributed by atoms with van der Waals surface area (Å²) in [5.41, 5.74) is 4.87. The minimum absolute atomic E-state index is 0.0286. The highest BCUT2D eigenvalue weighted by Gasteiger charge is 2.47. The first kappa shape index (κ1) is 20.7. The molecule has 3 fully saturated rings. The second-order valence-electron chi connectivity index (χ2n) is 10.1. The molecular weight excluding hydrogens is 408 g/mol. The molecule has 0 radical (unpaired) electrons. The molecule has 1 saturated carbocycles. The molecule has 0 bridgehead atoms. The van der Waals surface area contributed by atoms with Gasteiger partial charge in [0.15, 0.2) is 0 Å². The monoisotopic (exact) mass is 440 g/mol. The third kappa shape index (κ3) is 3.78. The summed E-state index contributed by atoms with van der Waals surface area (Å²) in [6, 6.07) is 17.3. The third-order valence-corrected chi connectivity index (χ3v) is 7.87. The lowest BCUT2D eigenvalue weighted by molar-refractivity contribution is 0.0930. The van der Waals surface area contributed by atoms with E-state index in [9.17, 15) is 4.79 Å². The van der Waals surface area contributed by atoms with Crippen LogP contribution in [0.5, 0.6) is 0 Å². The molecule has 1 aromatic heterocycles. The van der Waals surface area contributed by atoms with Gasteiger partial charge in [0.2, 0.25) is 0 Å². The van der Waals surface area contributed by atoms with E-state index in [2.05, 4.69) is 50.4 Å². The molecule has 170 valence electrons. The number of nitrogens with zero attached hydrogens (tertiary/aromatic N) is 3. The molecule has 33 heavy (non-hydrogen) atoms. The fraction of sp³-hybridized carbons (Fsp3) is 0.429. The van der Waals surface area contributed by atoms with Crippen LogP contribution in [-0.4, -0.2) is 48.0 Å². The van der Waals surface area contributed by atoms with E-state index in [0.717, 1.165) is 48.0 Å². The van der Waals surface area contributed by atoms with Gasteiger partial charge in [-0.2, -0.15) is 0 Å². The number of hydrogen-bond acceptors (Lipinski definition) is 4. The highest BCUT2D eigenvalue weighted by atomic mass is 16.1. The maximum Gasteiger partial charge on any atom is 0.252 e. The Hall–Kier alpha value is -2.92. The molecule has 2 aliphatic heterocycles. The second-order valence-corrected chi connectivity index (χ2v) is 10.1. The summed E-state index contributed by atoms with van der Waals surface area (Å²) in [6.45, 7) is 6.65.